The van der Waals surface area contributed by atoms with Crippen molar-refractivity contribution in [3.8, 4) is 0 Å². The van der Waals surface area contributed by atoms with Crippen LogP contribution in [-0.2, 0) is 4.79 Å². The number of nitrogens with zero attached hydrogens (tertiary/aromatic N) is 2. The van der Waals surface area contributed by atoms with Gasteiger partial charge in [0.2, 0.25) is 0 Å². The zero-order chi connectivity index (χ0) is 13.3. The summed E-state index contributed by atoms with van der Waals surface area (Å²) in [4.78, 5) is 27.1. The Kier molecular flexibility index (Phi) is 3.18. The molecule has 0 spiro atoms. The molecule has 96 valence electrons. The van der Waals surface area contributed by atoms with Crippen molar-refractivity contribution in [2.24, 2.45) is 0 Å². The molecule has 2 rings (SSSR count). The number of amides is 1. The van der Waals surface area contributed by atoms with E-state index in [1.807, 2.05) is 13.0 Å². The second kappa shape index (κ2) is 4.64. The Labute approximate surface area is 104 Å². The number of aryl methyl sites for hydroxylation is 1. The molecule has 0 radical (unpaired) electrons. The number of carbonyl (C=O) groups is 2. The van der Waals surface area contributed by atoms with E-state index in [4.69, 9.17) is 10.2 Å². The van der Waals surface area contributed by atoms with Gasteiger partial charge >= 0.3 is 12.1 Å². The second-order valence-electron chi connectivity index (χ2n) is 4.45. The number of hydrogen-bond donors (Lipinski definition) is 2. The molecule has 6 heteroatoms. The zero-order valence-electron chi connectivity index (χ0n) is 9.91. The largest absolute Gasteiger partial charge is 0.480 e. The molecule has 18 heavy (non-hydrogen) atoms. The summed E-state index contributed by atoms with van der Waals surface area (Å²) in [5.41, 5.74) is 1.93. The lowest BCUT2D eigenvalue weighted by Gasteiger charge is -2.17. The predicted octanol–water partition coefficient (Wildman–Crippen LogP) is 1.31. The van der Waals surface area contributed by atoms with Crippen LogP contribution in [0, 0.1) is 6.92 Å². The Morgan fingerprint density at radius 3 is 2.67 bits per heavy atom. The van der Waals surface area contributed by atoms with Crippen LogP contribution in [0.1, 0.15) is 23.5 Å². The fourth-order valence-electron chi connectivity index (χ4n) is 2.41. The van der Waals surface area contributed by atoms with Gasteiger partial charge in [0, 0.05) is 24.9 Å². The first-order valence-corrected chi connectivity index (χ1v) is 5.63. The van der Waals surface area contributed by atoms with Crippen molar-refractivity contribution in [3.63, 3.8) is 0 Å². The van der Waals surface area contributed by atoms with E-state index in [0.717, 1.165) is 16.0 Å². The van der Waals surface area contributed by atoms with Crippen molar-refractivity contribution >= 4 is 12.1 Å². The molecular formula is C12H14N2O4. The fourth-order valence-corrected chi connectivity index (χ4v) is 2.41. The summed E-state index contributed by atoms with van der Waals surface area (Å²) in [5.74, 6) is -1.20. The molecule has 1 aromatic heterocycles. The van der Waals surface area contributed by atoms with Gasteiger partial charge in [-0.15, -0.1) is 0 Å². The Balaban J connectivity index is 2.26. The summed E-state index contributed by atoms with van der Waals surface area (Å²) >= 11 is 0. The molecule has 0 bridgehead atoms. The molecule has 0 saturated carbocycles. The van der Waals surface area contributed by atoms with Crippen LogP contribution >= 0.6 is 0 Å². The summed E-state index contributed by atoms with van der Waals surface area (Å²) in [5, 5.41) is 18.1. The van der Waals surface area contributed by atoms with Crippen molar-refractivity contribution in [1.82, 2.24) is 9.88 Å². The van der Waals surface area contributed by atoms with Crippen molar-refractivity contribution in [2.45, 2.75) is 25.3 Å². The lowest BCUT2D eigenvalue weighted by atomic mass is 9.94. The summed E-state index contributed by atoms with van der Waals surface area (Å²) in [6, 6.07) is 0.876. The van der Waals surface area contributed by atoms with Crippen LogP contribution in [0.4, 0.5) is 4.79 Å². The van der Waals surface area contributed by atoms with Gasteiger partial charge in [-0.2, -0.15) is 0 Å². The smallest absolute Gasteiger partial charge is 0.408 e. The van der Waals surface area contributed by atoms with E-state index in [0.29, 0.717) is 6.42 Å². The molecule has 2 N–H and O–H groups in total. The maximum absolute atomic E-state index is 11.1. The highest BCUT2D eigenvalue weighted by Gasteiger charge is 2.40. The van der Waals surface area contributed by atoms with Gasteiger partial charge in [-0.1, -0.05) is 0 Å². The van der Waals surface area contributed by atoms with Gasteiger partial charge in [0.25, 0.3) is 0 Å². The monoisotopic (exact) mass is 250 g/mol. The molecular weight excluding hydrogens is 236 g/mol. The Bertz CT molecular complexity index is 467. The van der Waals surface area contributed by atoms with E-state index in [9.17, 15) is 9.59 Å². The van der Waals surface area contributed by atoms with Gasteiger partial charge in [0.1, 0.15) is 6.04 Å². The van der Waals surface area contributed by atoms with Crippen LogP contribution in [0.2, 0.25) is 0 Å². The second-order valence-corrected chi connectivity index (χ2v) is 4.45. The average molecular weight is 250 g/mol. The predicted molar refractivity (Wildman–Crippen MR) is 62.5 cm³/mol. The minimum absolute atomic E-state index is 0.101. The van der Waals surface area contributed by atoms with Crippen molar-refractivity contribution in [2.75, 3.05) is 6.54 Å². The summed E-state index contributed by atoms with van der Waals surface area (Å²) in [7, 11) is 0. The number of pyridine rings is 1. The summed E-state index contributed by atoms with van der Waals surface area (Å²) in [6.45, 7) is 2.12. The number of hydrogen-bond acceptors (Lipinski definition) is 3. The summed E-state index contributed by atoms with van der Waals surface area (Å²) in [6.07, 6.45) is 2.46. The maximum atomic E-state index is 11.1. The van der Waals surface area contributed by atoms with E-state index < -0.39 is 18.1 Å². The first-order chi connectivity index (χ1) is 8.50. The molecule has 1 fully saturated rings. The number of aliphatic carboxylic acids is 1. The maximum Gasteiger partial charge on any atom is 0.408 e. The van der Waals surface area contributed by atoms with Crippen LogP contribution in [0.25, 0.3) is 0 Å². The number of likely N-dealkylation sites (tertiary alicyclic amines) is 1. The molecule has 1 aliphatic heterocycles. The van der Waals surface area contributed by atoms with Crippen LogP contribution in [-0.4, -0.2) is 44.7 Å². The lowest BCUT2D eigenvalue weighted by Crippen LogP contribution is -2.39. The number of aromatic nitrogens is 1. The normalized spacial score (nSPS) is 23.1. The van der Waals surface area contributed by atoms with E-state index in [1.165, 1.54) is 0 Å². The van der Waals surface area contributed by atoms with Crippen molar-refractivity contribution < 1.29 is 19.8 Å². The minimum atomic E-state index is -1.19. The van der Waals surface area contributed by atoms with Crippen LogP contribution < -0.4 is 0 Å². The van der Waals surface area contributed by atoms with E-state index in [-0.39, 0.29) is 12.5 Å². The third-order valence-electron chi connectivity index (χ3n) is 3.35. The van der Waals surface area contributed by atoms with E-state index >= 15 is 0 Å². The zero-order valence-corrected chi connectivity index (χ0v) is 9.91. The van der Waals surface area contributed by atoms with Gasteiger partial charge in [-0.3, -0.25) is 9.88 Å². The standard InChI is InChI=1S/C12H14N2O4/c1-7-2-3-13-5-9(7)8-4-10(11(15)16)14(6-8)12(17)18/h2-3,5,8,10H,4,6H2,1H3,(H,15,16)(H,17,18)/t8?,10-/m1/s1. The first kappa shape index (κ1) is 12.3. The average Bonchev–Trinajstić information content (AvgIpc) is 2.74. The molecule has 0 aliphatic carbocycles. The van der Waals surface area contributed by atoms with Gasteiger partial charge in [-0.05, 0) is 30.5 Å². The van der Waals surface area contributed by atoms with Gasteiger partial charge in [-0.25, -0.2) is 9.59 Å². The molecule has 1 amide bonds. The van der Waals surface area contributed by atoms with Gasteiger partial charge < -0.3 is 10.2 Å². The quantitative estimate of drug-likeness (QED) is 0.825. The minimum Gasteiger partial charge on any atom is -0.480 e. The summed E-state index contributed by atoms with van der Waals surface area (Å²) < 4.78 is 0. The van der Waals surface area contributed by atoms with Gasteiger partial charge in [0.15, 0.2) is 0 Å². The fraction of sp³-hybridized carbons (Fsp3) is 0.417. The molecule has 2 heterocycles. The van der Waals surface area contributed by atoms with Crippen molar-refractivity contribution in [3.05, 3.63) is 29.6 Å². The molecule has 1 unspecified atom stereocenters. The molecule has 0 aromatic carbocycles. The number of carboxylic acid groups (broad SMARTS) is 2. The molecule has 6 nitrogen and oxygen atoms in total. The van der Waals surface area contributed by atoms with Crippen LogP contribution in [0.5, 0.6) is 0 Å². The number of carboxylic acids is 1. The Morgan fingerprint density at radius 1 is 1.44 bits per heavy atom. The molecule has 1 saturated heterocycles. The molecule has 1 aromatic rings. The third-order valence-corrected chi connectivity index (χ3v) is 3.35. The van der Waals surface area contributed by atoms with Crippen molar-refractivity contribution in [1.29, 1.82) is 0 Å². The van der Waals surface area contributed by atoms with Crippen LogP contribution in [0.15, 0.2) is 18.5 Å². The van der Waals surface area contributed by atoms with E-state index in [2.05, 4.69) is 4.98 Å². The highest BCUT2D eigenvalue weighted by atomic mass is 16.4. The topological polar surface area (TPSA) is 90.7 Å². The van der Waals surface area contributed by atoms with E-state index in [1.54, 1.807) is 12.4 Å². The highest BCUT2D eigenvalue weighted by molar-refractivity contribution is 5.80. The SMILES string of the molecule is Cc1ccncc1C1C[C@H](C(=O)O)N(C(=O)O)C1. The third kappa shape index (κ3) is 2.13. The van der Waals surface area contributed by atoms with Crippen LogP contribution in [0.3, 0.4) is 0 Å². The Morgan fingerprint density at radius 2 is 2.17 bits per heavy atom. The lowest BCUT2D eigenvalue weighted by molar-refractivity contribution is -0.141. The molecule has 2 atom stereocenters. The number of rotatable bonds is 2. The Hall–Kier alpha value is -2.11. The van der Waals surface area contributed by atoms with Gasteiger partial charge in [0.05, 0.1) is 0 Å². The first-order valence-electron chi connectivity index (χ1n) is 5.63. The molecule has 1 aliphatic rings. The highest BCUT2D eigenvalue weighted by Crippen LogP contribution is 2.33.